The van der Waals surface area contributed by atoms with Gasteiger partial charge in [-0.2, -0.15) is 11.3 Å². The first-order chi connectivity index (χ1) is 15.0. The average molecular weight is 433 g/mol. The van der Waals surface area contributed by atoms with Crippen molar-refractivity contribution in [3.05, 3.63) is 57.8 Å². The second kappa shape index (κ2) is 6.89. The third kappa shape index (κ3) is 3.07. The number of hydrogen-bond acceptors (Lipinski definition) is 4. The van der Waals surface area contributed by atoms with Crippen LogP contribution in [0, 0.1) is 17.8 Å². The zero-order valence-corrected chi connectivity index (χ0v) is 18.0. The smallest absolute Gasteiger partial charge is 0.273 e. The number of nitrogens with one attached hydrogen (secondary N) is 1. The van der Waals surface area contributed by atoms with Gasteiger partial charge in [-0.3, -0.25) is 14.9 Å². The lowest BCUT2D eigenvalue weighted by molar-refractivity contribution is -0.122. The summed E-state index contributed by atoms with van der Waals surface area (Å²) in [6, 6.07) is 9.07. The summed E-state index contributed by atoms with van der Waals surface area (Å²) in [4.78, 5) is 38.9. The third-order valence-electron chi connectivity index (χ3n) is 7.73. The number of thiophene rings is 1. The van der Waals surface area contributed by atoms with Crippen LogP contribution in [-0.4, -0.2) is 17.8 Å². The van der Waals surface area contributed by atoms with Crippen LogP contribution in [0.3, 0.4) is 0 Å². The summed E-state index contributed by atoms with van der Waals surface area (Å²) in [5.41, 5.74) is 2.85. The topological polar surface area (TPSA) is 66.5 Å². The first-order valence-corrected chi connectivity index (χ1v) is 12.0. The predicted octanol–water partition coefficient (Wildman–Crippen LogP) is 4.88. The van der Waals surface area contributed by atoms with Crippen LogP contribution in [0.15, 0.2) is 46.7 Å². The van der Waals surface area contributed by atoms with Crippen LogP contribution in [0.1, 0.15) is 49.7 Å². The molecule has 4 bridgehead atoms. The molecule has 4 amide bonds. The molecule has 2 aromatic rings. The molecule has 0 atom stereocenters. The molecular weight excluding hydrogens is 408 g/mol. The van der Waals surface area contributed by atoms with E-state index in [0.717, 1.165) is 28.2 Å². The van der Waals surface area contributed by atoms with Crippen LogP contribution in [-0.2, 0) is 15.0 Å². The zero-order valence-electron chi connectivity index (χ0n) is 17.2. The number of anilines is 1. The maximum absolute atomic E-state index is 13.1. The van der Waals surface area contributed by atoms with Crippen molar-refractivity contribution in [3.8, 4) is 0 Å². The predicted molar refractivity (Wildman–Crippen MR) is 120 cm³/mol. The molecule has 158 valence electrons. The molecule has 2 heterocycles. The highest BCUT2D eigenvalue weighted by atomic mass is 32.1. The second-order valence-electron chi connectivity index (χ2n) is 9.76. The molecule has 31 heavy (non-hydrogen) atoms. The number of carbonyl (C=O) groups is 3. The Morgan fingerprint density at radius 2 is 1.58 bits per heavy atom. The second-order valence-corrected chi connectivity index (χ2v) is 10.5. The first-order valence-electron chi connectivity index (χ1n) is 11.0. The summed E-state index contributed by atoms with van der Waals surface area (Å²) in [5.74, 6) is 1.34. The van der Waals surface area contributed by atoms with Crippen LogP contribution in [0.4, 0.5) is 10.5 Å². The van der Waals surface area contributed by atoms with Crippen LogP contribution < -0.4 is 10.2 Å². The van der Waals surface area contributed by atoms with E-state index < -0.39 is 17.8 Å². The number of imide groups is 2. The SMILES string of the molecule is O=C1NC(=O)N(c2ccc(C34CC5CC(CC(C5)C3)C4)cc2)C(=O)/C1=C/c1ccsc1. The van der Waals surface area contributed by atoms with Gasteiger partial charge in [-0.25, -0.2) is 9.69 Å². The summed E-state index contributed by atoms with van der Waals surface area (Å²) in [6.07, 6.45) is 9.53. The first kappa shape index (κ1) is 19.0. The molecule has 5 nitrogen and oxygen atoms in total. The van der Waals surface area contributed by atoms with Crippen molar-refractivity contribution in [2.75, 3.05) is 4.90 Å². The fraction of sp³-hybridized carbons (Fsp3) is 0.400. The van der Waals surface area contributed by atoms with Gasteiger partial charge in [-0.05, 0) is 108 Å². The zero-order chi connectivity index (χ0) is 21.2. The minimum absolute atomic E-state index is 0.0249. The monoisotopic (exact) mass is 432 g/mol. The molecule has 5 fully saturated rings. The average Bonchev–Trinajstić information content (AvgIpc) is 3.24. The molecule has 4 saturated carbocycles. The van der Waals surface area contributed by atoms with Gasteiger partial charge in [-0.15, -0.1) is 0 Å². The summed E-state index contributed by atoms with van der Waals surface area (Å²) < 4.78 is 0. The normalized spacial score (nSPS) is 33.3. The Kier molecular flexibility index (Phi) is 4.22. The van der Waals surface area contributed by atoms with E-state index in [0.29, 0.717) is 5.69 Å². The molecule has 1 N–H and O–H groups in total. The lowest BCUT2D eigenvalue weighted by Crippen LogP contribution is -2.54. The number of urea groups is 1. The third-order valence-corrected chi connectivity index (χ3v) is 8.43. The van der Waals surface area contributed by atoms with Crippen molar-refractivity contribution in [2.24, 2.45) is 17.8 Å². The molecule has 1 aromatic carbocycles. The largest absolute Gasteiger partial charge is 0.335 e. The van der Waals surface area contributed by atoms with Crippen LogP contribution in [0.2, 0.25) is 0 Å². The molecule has 4 aliphatic carbocycles. The molecule has 1 saturated heterocycles. The highest BCUT2D eigenvalue weighted by molar-refractivity contribution is 7.08. The minimum Gasteiger partial charge on any atom is -0.273 e. The van der Waals surface area contributed by atoms with E-state index in [1.807, 2.05) is 29.0 Å². The maximum atomic E-state index is 13.1. The number of carbonyl (C=O) groups excluding carboxylic acids is 3. The molecule has 5 aliphatic rings. The van der Waals surface area contributed by atoms with Gasteiger partial charge in [0.15, 0.2) is 0 Å². The van der Waals surface area contributed by atoms with E-state index in [9.17, 15) is 14.4 Å². The Hall–Kier alpha value is -2.73. The van der Waals surface area contributed by atoms with E-state index in [1.54, 1.807) is 0 Å². The summed E-state index contributed by atoms with van der Waals surface area (Å²) in [5, 5.41) is 6.04. The van der Waals surface area contributed by atoms with E-state index in [2.05, 4.69) is 17.4 Å². The maximum Gasteiger partial charge on any atom is 0.335 e. The van der Waals surface area contributed by atoms with E-state index >= 15 is 0 Å². The minimum atomic E-state index is -0.694. The highest BCUT2D eigenvalue weighted by Crippen LogP contribution is 2.60. The van der Waals surface area contributed by atoms with E-state index in [-0.39, 0.29) is 11.0 Å². The van der Waals surface area contributed by atoms with Gasteiger partial charge in [0.05, 0.1) is 5.69 Å². The molecule has 6 heteroatoms. The molecular formula is C25H24N2O3S. The van der Waals surface area contributed by atoms with Crippen molar-refractivity contribution in [2.45, 2.75) is 43.9 Å². The Morgan fingerprint density at radius 3 is 2.16 bits per heavy atom. The van der Waals surface area contributed by atoms with E-state index in [4.69, 9.17) is 0 Å². The number of benzene rings is 1. The van der Waals surface area contributed by atoms with Gasteiger partial charge in [0.1, 0.15) is 5.57 Å². The molecule has 0 radical (unpaired) electrons. The standard InChI is InChI=1S/C25H24N2O3S/c28-22-21(10-15-5-6-31-14-15)23(29)27(24(30)26-22)20-3-1-19(2-4-20)25-11-16-7-17(12-25)9-18(8-16)13-25/h1-6,10,14,16-18H,7-9,11-13H2,(H,26,28,30)/b21-10+. The van der Waals surface area contributed by atoms with Crippen LogP contribution in [0.5, 0.6) is 0 Å². The van der Waals surface area contributed by atoms with Gasteiger partial charge < -0.3 is 0 Å². The number of rotatable bonds is 3. The van der Waals surface area contributed by atoms with Gasteiger partial charge in [0.2, 0.25) is 0 Å². The van der Waals surface area contributed by atoms with Gasteiger partial charge in [0.25, 0.3) is 11.8 Å². The van der Waals surface area contributed by atoms with Gasteiger partial charge in [0, 0.05) is 0 Å². The highest BCUT2D eigenvalue weighted by Gasteiger charge is 2.51. The fourth-order valence-electron chi connectivity index (χ4n) is 6.84. The number of amides is 4. The van der Waals surface area contributed by atoms with Gasteiger partial charge >= 0.3 is 6.03 Å². The Morgan fingerprint density at radius 1 is 0.935 bits per heavy atom. The lowest BCUT2D eigenvalue weighted by Gasteiger charge is -2.57. The fourth-order valence-corrected chi connectivity index (χ4v) is 7.46. The van der Waals surface area contributed by atoms with Crippen LogP contribution >= 0.6 is 11.3 Å². The Balaban J connectivity index is 1.30. The van der Waals surface area contributed by atoms with Crippen molar-refractivity contribution in [1.29, 1.82) is 0 Å². The summed E-state index contributed by atoms with van der Waals surface area (Å²) >= 11 is 1.49. The Bertz CT molecular complexity index is 1070. The quantitative estimate of drug-likeness (QED) is 0.555. The molecule has 0 spiro atoms. The molecule has 0 unspecified atom stereocenters. The number of hydrogen-bond donors (Lipinski definition) is 1. The van der Waals surface area contributed by atoms with Crippen molar-refractivity contribution >= 4 is 40.9 Å². The van der Waals surface area contributed by atoms with Crippen molar-refractivity contribution < 1.29 is 14.4 Å². The molecule has 7 rings (SSSR count). The van der Waals surface area contributed by atoms with Crippen molar-refractivity contribution in [3.63, 3.8) is 0 Å². The van der Waals surface area contributed by atoms with Crippen LogP contribution in [0.25, 0.3) is 6.08 Å². The molecule has 1 aliphatic heterocycles. The van der Waals surface area contributed by atoms with E-state index in [1.165, 1.54) is 61.5 Å². The number of nitrogens with zero attached hydrogens (tertiary/aromatic N) is 1. The summed E-state index contributed by atoms with van der Waals surface area (Å²) in [6.45, 7) is 0. The Labute approximate surface area is 185 Å². The van der Waals surface area contributed by atoms with Crippen molar-refractivity contribution in [1.82, 2.24) is 5.32 Å². The van der Waals surface area contributed by atoms with Gasteiger partial charge in [-0.1, -0.05) is 12.1 Å². The number of barbiturate groups is 1. The lowest BCUT2D eigenvalue weighted by atomic mass is 9.48. The molecule has 1 aromatic heterocycles. The summed E-state index contributed by atoms with van der Waals surface area (Å²) in [7, 11) is 0.